The van der Waals surface area contributed by atoms with Gasteiger partial charge in [0.1, 0.15) is 6.23 Å². The van der Waals surface area contributed by atoms with E-state index in [4.69, 9.17) is 0 Å². The van der Waals surface area contributed by atoms with E-state index < -0.39 is 6.23 Å². The van der Waals surface area contributed by atoms with Crippen LogP contribution in [0.2, 0.25) is 0 Å². The maximum atomic E-state index is 11.1. The number of rotatable bonds is 5. The average Bonchev–Trinajstić information content (AvgIpc) is 2.29. The monoisotopic (exact) mass is 223 g/mol. The molecule has 1 atom stereocenters. The molecule has 0 aliphatic carbocycles. The lowest BCUT2D eigenvalue weighted by atomic mass is 10.2. The van der Waals surface area contributed by atoms with E-state index in [9.17, 15) is 9.90 Å². The number of benzene rings is 1. The van der Waals surface area contributed by atoms with Crippen LogP contribution in [0.15, 0.2) is 30.3 Å². The topological polar surface area (TPSA) is 49.8 Å². The molecular weight excluding hydrogens is 206 g/mol. The normalized spacial score (nSPS) is 12.5. The molecule has 0 radical (unpaired) electrons. The zero-order valence-corrected chi connectivity index (χ0v) is 9.59. The fourth-order valence-corrected chi connectivity index (χ4v) is 1.37. The van der Waals surface area contributed by atoms with Gasteiger partial charge < -0.3 is 9.84 Å². The lowest BCUT2D eigenvalue weighted by molar-refractivity contribution is -0.145. The number of methoxy groups -OCH3 is 1. The molecule has 16 heavy (non-hydrogen) atoms. The molecule has 0 aliphatic rings. The van der Waals surface area contributed by atoms with E-state index in [2.05, 4.69) is 4.74 Å². The molecule has 0 aliphatic heterocycles. The van der Waals surface area contributed by atoms with Crippen LogP contribution in [-0.2, 0) is 16.1 Å². The standard InChI is InChI=1S/C12H17NO3/c1-10(14)13(9-12(15)16-2)8-11-6-4-3-5-7-11/h3-7,10,14H,8-9H2,1-2H3. The van der Waals surface area contributed by atoms with Crippen molar-refractivity contribution in [3.05, 3.63) is 35.9 Å². The molecule has 0 amide bonds. The van der Waals surface area contributed by atoms with Crippen LogP contribution in [0.1, 0.15) is 12.5 Å². The van der Waals surface area contributed by atoms with Gasteiger partial charge >= 0.3 is 5.97 Å². The summed E-state index contributed by atoms with van der Waals surface area (Å²) in [5, 5.41) is 9.54. The zero-order chi connectivity index (χ0) is 12.0. The summed E-state index contributed by atoms with van der Waals surface area (Å²) in [6.07, 6.45) is -0.681. The summed E-state index contributed by atoms with van der Waals surface area (Å²) in [6, 6.07) is 9.68. The number of aliphatic hydroxyl groups excluding tert-OH is 1. The molecule has 0 bridgehead atoms. The highest BCUT2D eigenvalue weighted by Crippen LogP contribution is 2.06. The van der Waals surface area contributed by atoms with Gasteiger partial charge in [0.05, 0.1) is 13.7 Å². The second-order valence-electron chi connectivity index (χ2n) is 3.60. The van der Waals surface area contributed by atoms with Crippen LogP contribution in [0.25, 0.3) is 0 Å². The molecule has 0 aromatic heterocycles. The Morgan fingerprint density at radius 3 is 2.56 bits per heavy atom. The third-order valence-electron chi connectivity index (χ3n) is 2.32. The molecule has 0 saturated heterocycles. The number of carbonyl (C=O) groups excluding carboxylic acids is 1. The second-order valence-corrected chi connectivity index (χ2v) is 3.60. The van der Waals surface area contributed by atoms with Crippen LogP contribution in [0.5, 0.6) is 0 Å². The highest BCUT2D eigenvalue weighted by Gasteiger charge is 2.15. The largest absolute Gasteiger partial charge is 0.468 e. The van der Waals surface area contributed by atoms with E-state index in [1.54, 1.807) is 11.8 Å². The van der Waals surface area contributed by atoms with Crippen molar-refractivity contribution in [1.82, 2.24) is 4.90 Å². The predicted octanol–water partition coefficient (Wildman–Crippen LogP) is 1.000. The van der Waals surface area contributed by atoms with Crippen LogP contribution in [0.3, 0.4) is 0 Å². The third-order valence-corrected chi connectivity index (χ3v) is 2.32. The van der Waals surface area contributed by atoms with E-state index in [0.717, 1.165) is 5.56 Å². The quantitative estimate of drug-likeness (QED) is 0.597. The summed E-state index contributed by atoms with van der Waals surface area (Å²) in [5.41, 5.74) is 1.05. The first-order chi connectivity index (χ1) is 7.63. The average molecular weight is 223 g/mol. The van der Waals surface area contributed by atoms with Gasteiger partial charge in [-0.1, -0.05) is 30.3 Å². The number of aliphatic hydroxyl groups is 1. The Labute approximate surface area is 95.5 Å². The second kappa shape index (κ2) is 6.25. The summed E-state index contributed by atoms with van der Waals surface area (Å²) < 4.78 is 4.58. The predicted molar refractivity (Wildman–Crippen MR) is 60.5 cm³/mol. The van der Waals surface area contributed by atoms with Gasteiger partial charge in [-0.25, -0.2) is 0 Å². The van der Waals surface area contributed by atoms with E-state index in [1.807, 2.05) is 30.3 Å². The molecule has 4 heteroatoms. The van der Waals surface area contributed by atoms with Gasteiger partial charge in [0, 0.05) is 6.54 Å². The first-order valence-corrected chi connectivity index (χ1v) is 5.16. The molecule has 0 heterocycles. The lowest BCUT2D eigenvalue weighted by Gasteiger charge is -2.23. The van der Waals surface area contributed by atoms with Gasteiger partial charge in [0.15, 0.2) is 0 Å². The van der Waals surface area contributed by atoms with Crippen molar-refractivity contribution >= 4 is 5.97 Å². The van der Waals surface area contributed by atoms with Gasteiger partial charge in [-0.3, -0.25) is 9.69 Å². The lowest BCUT2D eigenvalue weighted by Crippen LogP contribution is -2.37. The fraction of sp³-hybridized carbons (Fsp3) is 0.417. The molecule has 1 aromatic carbocycles. The molecule has 0 saturated carbocycles. The van der Waals surface area contributed by atoms with Crippen LogP contribution >= 0.6 is 0 Å². The minimum absolute atomic E-state index is 0.0864. The van der Waals surface area contributed by atoms with Crippen molar-refractivity contribution in [2.75, 3.05) is 13.7 Å². The number of carbonyl (C=O) groups is 1. The molecule has 4 nitrogen and oxygen atoms in total. The van der Waals surface area contributed by atoms with Gasteiger partial charge in [0.25, 0.3) is 0 Å². The van der Waals surface area contributed by atoms with E-state index in [1.165, 1.54) is 7.11 Å². The molecule has 1 unspecified atom stereocenters. The van der Waals surface area contributed by atoms with Crippen LogP contribution < -0.4 is 0 Å². The third kappa shape index (κ3) is 4.00. The minimum atomic E-state index is -0.681. The Hall–Kier alpha value is -1.39. The first-order valence-electron chi connectivity index (χ1n) is 5.16. The van der Waals surface area contributed by atoms with Crippen LogP contribution in [0.4, 0.5) is 0 Å². The Balaban J connectivity index is 2.62. The Bertz CT molecular complexity index is 324. The molecular formula is C12H17NO3. The molecule has 88 valence electrons. The number of ether oxygens (including phenoxy) is 1. The zero-order valence-electron chi connectivity index (χ0n) is 9.59. The van der Waals surface area contributed by atoms with Crippen LogP contribution in [0, 0.1) is 0 Å². The molecule has 1 aromatic rings. The smallest absolute Gasteiger partial charge is 0.319 e. The first kappa shape index (κ1) is 12.7. The van der Waals surface area contributed by atoms with Crippen LogP contribution in [-0.4, -0.2) is 35.9 Å². The fourth-order valence-electron chi connectivity index (χ4n) is 1.37. The number of esters is 1. The Kier molecular flexibility index (Phi) is 4.95. The van der Waals surface area contributed by atoms with Crippen molar-refractivity contribution in [1.29, 1.82) is 0 Å². The maximum Gasteiger partial charge on any atom is 0.319 e. The maximum absolute atomic E-state index is 11.1. The SMILES string of the molecule is COC(=O)CN(Cc1ccccc1)C(C)O. The number of hydrogen-bond donors (Lipinski definition) is 1. The van der Waals surface area contributed by atoms with Crippen molar-refractivity contribution in [3.8, 4) is 0 Å². The number of hydrogen-bond acceptors (Lipinski definition) is 4. The van der Waals surface area contributed by atoms with Crippen molar-refractivity contribution in [2.24, 2.45) is 0 Å². The van der Waals surface area contributed by atoms with E-state index in [0.29, 0.717) is 6.54 Å². The van der Waals surface area contributed by atoms with Gasteiger partial charge in [-0.15, -0.1) is 0 Å². The van der Waals surface area contributed by atoms with Crippen molar-refractivity contribution in [3.63, 3.8) is 0 Å². The molecule has 0 spiro atoms. The summed E-state index contributed by atoms with van der Waals surface area (Å²) in [7, 11) is 1.34. The molecule has 0 fully saturated rings. The Morgan fingerprint density at radius 1 is 1.44 bits per heavy atom. The van der Waals surface area contributed by atoms with E-state index >= 15 is 0 Å². The molecule has 1 N–H and O–H groups in total. The van der Waals surface area contributed by atoms with Gasteiger partial charge in [-0.2, -0.15) is 0 Å². The Morgan fingerprint density at radius 2 is 2.06 bits per heavy atom. The minimum Gasteiger partial charge on any atom is -0.468 e. The van der Waals surface area contributed by atoms with Crippen molar-refractivity contribution in [2.45, 2.75) is 19.7 Å². The summed E-state index contributed by atoms with van der Waals surface area (Å²) in [6.45, 7) is 2.24. The van der Waals surface area contributed by atoms with Crippen molar-refractivity contribution < 1.29 is 14.6 Å². The summed E-state index contributed by atoms with van der Waals surface area (Å²) >= 11 is 0. The van der Waals surface area contributed by atoms with E-state index in [-0.39, 0.29) is 12.5 Å². The van der Waals surface area contributed by atoms with Gasteiger partial charge in [-0.05, 0) is 12.5 Å². The highest BCUT2D eigenvalue weighted by atomic mass is 16.5. The highest BCUT2D eigenvalue weighted by molar-refractivity contribution is 5.71. The summed E-state index contributed by atoms with van der Waals surface area (Å²) in [5.74, 6) is -0.350. The summed E-state index contributed by atoms with van der Waals surface area (Å²) in [4.78, 5) is 12.8. The molecule has 1 rings (SSSR count). The van der Waals surface area contributed by atoms with Gasteiger partial charge in [0.2, 0.25) is 0 Å². The number of nitrogens with zero attached hydrogens (tertiary/aromatic N) is 1.